The van der Waals surface area contributed by atoms with Gasteiger partial charge in [0.15, 0.2) is 12.2 Å². The molecule has 2 aromatic carbocycles. The molecule has 0 radical (unpaired) electrons. The van der Waals surface area contributed by atoms with Crippen molar-refractivity contribution in [1.82, 2.24) is 0 Å². The van der Waals surface area contributed by atoms with E-state index in [0.717, 1.165) is 6.07 Å². The molecule has 0 aliphatic carbocycles. The van der Waals surface area contributed by atoms with Gasteiger partial charge in [-0.25, -0.2) is 0 Å². The molecule has 0 aromatic heterocycles. The smallest absolute Gasteiger partial charge is 0.229 e. The van der Waals surface area contributed by atoms with E-state index >= 15 is 0 Å². The molecular formula is C21H22O10. The molecule has 6 N–H and O–H groups in total. The van der Waals surface area contributed by atoms with Gasteiger partial charge in [-0.1, -0.05) is 12.1 Å². The van der Waals surface area contributed by atoms with Crippen LogP contribution >= 0.6 is 0 Å². The summed E-state index contributed by atoms with van der Waals surface area (Å²) in [6.07, 6.45) is -9.25. The molecule has 166 valence electrons. The molecule has 0 unspecified atom stereocenters. The third-order valence-corrected chi connectivity index (χ3v) is 5.39. The molecule has 1 saturated heterocycles. The van der Waals surface area contributed by atoms with Crippen LogP contribution in [0.2, 0.25) is 0 Å². The number of aliphatic hydroxyl groups excluding tert-OH is 4. The standard InChI is InChI=1S/C21H22O10/c1-8-15(24)17(26)19(28)21(29-8)30-11-6-12(23)14-13(7-11)31-20(18(27)16(14)25)9-2-4-10(22)5-3-9/h2-8,15,17-24,26-28H,1H3/t8-,15-,17+,18-,19+,20-,21-/m0/s1. The monoisotopic (exact) mass is 434 g/mol. The Labute approximate surface area is 176 Å². The maximum atomic E-state index is 12.7. The summed E-state index contributed by atoms with van der Waals surface area (Å²) < 4.78 is 16.7. The lowest BCUT2D eigenvalue weighted by molar-refractivity contribution is -0.268. The van der Waals surface area contributed by atoms with E-state index in [0.29, 0.717) is 5.56 Å². The Balaban J connectivity index is 1.63. The van der Waals surface area contributed by atoms with E-state index in [1.165, 1.54) is 37.3 Å². The number of ether oxygens (including phenoxy) is 3. The molecule has 2 aliphatic heterocycles. The number of carbonyl (C=O) groups excluding carboxylic acids is 1. The van der Waals surface area contributed by atoms with E-state index in [9.17, 15) is 35.4 Å². The van der Waals surface area contributed by atoms with E-state index < -0.39 is 54.4 Å². The molecule has 10 heteroatoms. The summed E-state index contributed by atoms with van der Waals surface area (Å²) in [5.41, 5.74) is 0.191. The summed E-state index contributed by atoms with van der Waals surface area (Å²) >= 11 is 0. The van der Waals surface area contributed by atoms with E-state index in [2.05, 4.69) is 0 Å². The van der Waals surface area contributed by atoms with Crippen molar-refractivity contribution in [2.45, 2.75) is 49.8 Å². The van der Waals surface area contributed by atoms with Crippen LogP contribution in [0.3, 0.4) is 0 Å². The number of rotatable bonds is 3. The molecule has 4 rings (SSSR count). The van der Waals surface area contributed by atoms with Gasteiger partial charge in [0.1, 0.15) is 46.9 Å². The van der Waals surface area contributed by atoms with Gasteiger partial charge < -0.3 is 44.8 Å². The van der Waals surface area contributed by atoms with Crippen LogP contribution < -0.4 is 9.47 Å². The average molecular weight is 434 g/mol. The van der Waals surface area contributed by atoms with Crippen molar-refractivity contribution in [3.05, 3.63) is 47.5 Å². The van der Waals surface area contributed by atoms with Crippen LogP contribution in [0.1, 0.15) is 28.9 Å². The first kappa shape index (κ1) is 21.3. The highest BCUT2D eigenvalue weighted by Gasteiger charge is 2.44. The summed E-state index contributed by atoms with van der Waals surface area (Å²) in [5, 5.41) is 60.0. The van der Waals surface area contributed by atoms with Crippen molar-refractivity contribution >= 4 is 5.78 Å². The molecule has 0 saturated carbocycles. The highest BCUT2D eigenvalue weighted by atomic mass is 16.7. The van der Waals surface area contributed by atoms with Crippen molar-refractivity contribution in [3.63, 3.8) is 0 Å². The third kappa shape index (κ3) is 3.80. The highest BCUT2D eigenvalue weighted by Crippen LogP contribution is 2.42. The molecule has 2 heterocycles. The summed E-state index contributed by atoms with van der Waals surface area (Å²) in [6, 6.07) is 8.11. The van der Waals surface area contributed by atoms with Gasteiger partial charge in [-0.05, 0) is 24.6 Å². The van der Waals surface area contributed by atoms with Crippen LogP contribution in [-0.2, 0) is 4.74 Å². The minimum atomic E-state index is -1.59. The van der Waals surface area contributed by atoms with Crippen LogP contribution in [0.15, 0.2) is 36.4 Å². The SMILES string of the molecule is C[C@@H]1O[C@@H](Oc2cc(O)c3c(c2)O[C@@H](c2ccc(O)cc2)[C@@H](O)C3=O)[C@H](O)[C@H](O)[C@H]1O. The number of Topliss-reactive ketones (excluding diaryl/α,β-unsaturated/α-hetero) is 1. The second-order valence-corrected chi connectivity index (χ2v) is 7.55. The Morgan fingerprint density at radius 1 is 0.935 bits per heavy atom. The number of aliphatic hydroxyl groups is 4. The lowest BCUT2D eigenvalue weighted by Gasteiger charge is -2.39. The first-order valence-corrected chi connectivity index (χ1v) is 9.58. The zero-order chi connectivity index (χ0) is 22.4. The Kier molecular flexibility index (Phi) is 5.50. The van der Waals surface area contributed by atoms with Gasteiger partial charge in [0, 0.05) is 12.1 Å². The maximum Gasteiger partial charge on any atom is 0.229 e. The average Bonchev–Trinajstić information content (AvgIpc) is 2.73. The molecule has 31 heavy (non-hydrogen) atoms. The van der Waals surface area contributed by atoms with E-state index in [-0.39, 0.29) is 22.8 Å². The minimum Gasteiger partial charge on any atom is -0.508 e. The number of fused-ring (bicyclic) bond motifs is 1. The normalized spacial score (nSPS) is 32.8. The van der Waals surface area contributed by atoms with Gasteiger partial charge >= 0.3 is 0 Å². The Hall–Kier alpha value is -2.89. The predicted octanol–water partition coefficient (Wildman–Crippen LogP) is -0.0186. The van der Waals surface area contributed by atoms with Gasteiger partial charge in [-0.2, -0.15) is 0 Å². The summed E-state index contributed by atoms with van der Waals surface area (Å²) in [5.74, 6) is -1.38. The van der Waals surface area contributed by atoms with Crippen LogP contribution in [-0.4, -0.2) is 73.2 Å². The van der Waals surface area contributed by atoms with Crippen molar-refractivity contribution < 1.29 is 49.6 Å². The lowest BCUT2D eigenvalue weighted by Crippen LogP contribution is -2.58. The van der Waals surface area contributed by atoms with Gasteiger partial charge in [0.2, 0.25) is 12.1 Å². The molecule has 10 nitrogen and oxygen atoms in total. The number of ketones is 1. The van der Waals surface area contributed by atoms with E-state index in [4.69, 9.17) is 14.2 Å². The van der Waals surface area contributed by atoms with E-state index in [1.807, 2.05) is 0 Å². The van der Waals surface area contributed by atoms with Gasteiger partial charge in [-0.3, -0.25) is 4.79 Å². The topological polar surface area (TPSA) is 166 Å². The van der Waals surface area contributed by atoms with Gasteiger partial charge in [0.25, 0.3) is 0 Å². The summed E-state index contributed by atoms with van der Waals surface area (Å²) in [4.78, 5) is 12.7. The van der Waals surface area contributed by atoms with Crippen LogP contribution in [0.4, 0.5) is 0 Å². The lowest BCUT2D eigenvalue weighted by atomic mass is 9.93. The maximum absolute atomic E-state index is 12.7. The third-order valence-electron chi connectivity index (χ3n) is 5.39. The summed E-state index contributed by atoms with van der Waals surface area (Å²) in [7, 11) is 0. The van der Waals surface area contributed by atoms with Crippen LogP contribution in [0, 0.1) is 0 Å². The minimum absolute atomic E-state index is 0.00156. The Bertz CT molecular complexity index is 975. The summed E-state index contributed by atoms with van der Waals surface area (Å²) in [6.45, 7) is 1.49. The number of aromatic hydroxyl groups is 2. The number of phenolic OH excluding ortho intramolecular Hbond substituents is 2. The number of phenols is 2. The van der Waals surface area contributed by atoms with Crippen LogP contribution in [0.5, 0.6) is 23.0 Å². The number of benzene rings is 2. The van der Waals surface area contributed by atoms with Gasteiger partial charge in [0.05, 0.1) is 6.10 Å². The van der Waals surface area contributed by atoms with Crippen molar-refractivity contribution in [2.24, 2.45) is 0 Å². The number of hydrogen-bond acceptors (Lipinski definition) is 10. The quantitative estimate of drug-likeness (QED) is 0.386. The van der Waals surface area contributed by atoms with Crippen molar-refractivity contribution in [3.8, 4) is 23.0 Å². The fourth-order valence-electron chi connectivity index (χ4n) is 3.63. The van der Waals surface area contributed by atoms with Crippen molar-refractivity contribution in [1.29, 1.82) is 0 Å². The molecule has 7 atom stereocenters. The van der Waals surface area contributed by atoms with E-state index in [1.54, 1.807) is 0 Å². The fourth-order valence-corrected chi connectivity index (χ4v) is 3.63. The molecule has 1 fully saturated rings. The first-order chi connectivity index (χ1) is 14.7. The zero-order valence-corrected chi connectivity index (χ0v) is 16.3. The number of hydrogen-bond donors (Lipinski definition) is 6. The largest absolute Gasteiger partial charge is 0.508 e. The second-order valence-electron chi connectivity index (χ2n) is 7.55. The highest BCUT2D eigenvalue weighted by molar-refractivity contribution is 6.05. The predicted molar refractivity (Wildman–Crippen MR) is 103 cm³/mol. The molecule has 2 aromatic rings. The second kappa shape index (κ2) is 7.98. The zero-order valence-electron chi connectivity index (χ0n) is 16.3. The first-order valence-electron chi connectivity index (χ1n) is 9.58. The fraction of sp³-hybridized carbons (Fsp3) is 0.381. The Morgan fingerprint density at radius 3 is 2.29 bits per heavy atom. The molecule has 0 spiro atoms. The molecule has 2 aliphatic rings. The Morgan fingerprint density at radius 2 is 1.61 bits per heavy atom. The molecular weight excluding hydrogens is 412 g/mol. The van der Waals surface area contributed by atoms with Crippen molar-refractivity contribution in [2.75, 3.05) is 0 Å². The van der Waals surface area contributed by atoms with Crippen LogP contribution in [0.25, 0.3) is 0 Å². The van der Waals surface area contributed by atoms with Gasteiger partial charge in [-0.15, -0.1) is 0 Å². The molecule has 0 bridgehead atoms. The number of carbonyl (C=O) groups is 1. The molecule has 0 amide bonds.